The molecule has 0 aliphatic rings. The van der Waals surface area contributed by atoms with Crippen LogP contribution in [-0.4, -0.2) is 52.7 Å². The fourth-order valence-corrected chi connectivity index (χ4v) is 0.892. The van der Waals surface area contributed by atoms with Crippen molar-refractivity contribution >= 4 is 39.4 Å². The number of hydrogen-bond donors (Lipinski definition) is 5. The van der Waals surface area contributed by atoms with Gasteiger partial charge >= 0.3 is 16.2 Å². The summed E-state index contributed by atoms with van der Waals surface area (Å²) in [5, 5.41) is 24.0. The molecule has 0 amide bonds. The van der Waals surface area contributed by atoms with Gasteiger partial charge in [-0.15, -0.1) is 10.1 Å². The molecular formula is C6H8Cl2N6O9S. The van der Waals surface area contributed by atoms with E-state index in [-0.39, 0.29) is 11.1 Å². The second-order valence-electron chi connectivity index (χ2n) is 2.88. The van der Waals surface area contributed by atoms with Gasteiger partial charge in [-0.1, -0.05) is 0 Å². The van der Waals surface area contributed by atoms with E-state index in [2.05, 4.69) is 19.9 Å². The van der Waals surface area contributed by atoms with Crippen molar-refractivity contribution in [1.29, 1.82) is 0 Å². The van der Waals surface area contributed by atoms with Gasteiger partial charge in [-0.05, 0) is 28.1 Å². The van der Waals surface area contributed by atoms with Gasteiger partial charge in [0.25, 0.3) is 10.4 Å². The monoisotopic (exact) mass is 410 g/mol. The molecule has 0 bridgehead atoms. The first-order chi connectivity index (χ1) is 10.8. The van der Waals surface area contributed by atoms with Crippen LogP contribution in [0.2, 0.25) is 10.6 Å². The van der Waals surface area contributed by atoms with Crippen LogP contribution < -0.4 is 0 Å². The van der Waals surface area contributed by atoms with Gasteiger partial charge in [-0.3, -0.25) is 9.11 Å². The maximum Gasteiger partial charge on any atom is 0.394 e. The topological polar surface area (TPSA) is 238 Å². The zero-order chi connectivity index (χ0) is 19.3. The van der Waals surface area contributed by atoms with Crippen LogP contribution >= 0.6 is 23.2 Å². The normalized spacial score (nSPS) is 9.17. The lowest BCUT2D eigenvalue weighted by atomic mass is 10.8. The highest BCUT2D eigenvalue weighted by molar-refractivity contribution is 7.79. The number of H-pyrrole nitrogens is 2. The van der Waals surface area contributed by atoms with E-state index in [0.29, 0.717) is 5.28 Å². The minimum absolute atomic E-state index is 0.0294. The smallest absolute Gasteiger partial charge is 0.358 e. The standard InChI is InChI=1S/C3H2ClN3O2.C3H3ClN2.HNO3.H2O4S/c4-3-5-1-2(6-3)7(8)9;4-3-5-1-2-6-3;2-1(3)4;1-5(2,3)4/h1H,(H,5,6);1-2H,(H,5,6);(H,2,3,4);(H2,1,2,3,4). The van der Waals surface area contributed by atoms with E-state index in [1.165, 1.54) is 0 Å². The first kappa shape index (κ1) is 23.7. The molecule has 0 atom stereocenters. The van der Waals surface area contributed by atoms with Crippen molar-refractivity contribution in [3.8, 4) is 0 Å². The number of aromatic nitrogens is 4. The zero-order valence-electron chi connectivity index (χ0n) is 11.0. The Balaban J connectivity index is 0. The van der Waals surface area contributed by atoms with Gasteiger partial charge in [0.05, 0.1) is 0 Å². The van der Waals surface area contributed by atoms with Crippen LogP contribution in [0.5, 0.6) is 0 Å². The first-order valence-electron chi connectivity index (χ1n) is 4.85. The average Bonchev–Trinajstić information content (AvgIpc) is 2.98. The highest BCUT2D eigenvalue weighted by atomic mass is 35.5. The lowest BCUT2D eigenvalue weighted by Crippen LogP contribution is -1.89. The summed E-state index contributed by atoms with van der Waals surface area (Å²) in [6.45, 7) is 0. The summed E-state index contributed by atoms with van der Waals surface area (Å²) >= 11 is 10.5. The summed E-state index contributed by atoms with van der Waals surface area (Å²) in [5.74, 6) is -0.194. The minimum atomic E-state index is -4.67. The molecule has 18 heteroatoms. The summed E-state index contributed by atoms with van der Waals surface area (Å²) in [5.41, 5.74) is 0. The van der Waals surface area contributed by atoms with Crippen LogP contribution in [0.25, 0.3) is 0 Å². The van der Waals surface area contributed by atoms with E-state index in [9.17, 15) is 10.1 Å². The van der Waals surface area contributed by atoms with Crippen molar-refractivity contribution in [2.45, 2.75) is 0 Å². The quantitative estimate of drug-likeness (QED) is 0.252. The number of halogens is 2. The summed E-state index contributed by atoms with van der Waals surface area (Å²) < 4.78 is 31.6. The number of nitrogens with one attached hydrogen (secondary N) is 2. The Labute approximate surface area is 142 Å². The molecule has 0 aliphatic heterocycles. The molecule has 0 fully saturated rings. The Hall–Kier alpha value is -2.53. The van der Waals surface area contributed by atoms with Gasteiger partial charge in [-0.2, -0.15) is 13.4 Å². The van der Waals surface area contributed by atoms with Crippen LogP contribution in [0.3, 0.4) is 0 Å². The van der Waals surface area contributed by atoms with Crippen molar-refractivity contribution in [2.24, 2.45) is 0 Å². The number of nitrogens with zero attached hydrogens (tertiary/aromatic N) is 4. The molecule has 0 saturated heterocycles. The molecule has 5 N–H and O–H groups in total. The number of nitro groups is 1. The summed E-state index contributed by atoms with van der Waals surface area (Å²) in [4.78, 5) is 29.6. The van der Waals surface area contributed by atoms with E-state index >= 15 is 0 Å². The van der Waals surface area contributed by atoms with Crippen molar-refractivity contribution < 1.29 is 32.7 Å². The second-order valence-corrected chi connectivity index (χ2v) is 4.49. The van der Waals surface area contributed by atoms with Crippen molar-refractivity contribution in [2.75, 3.05) is 0 Å². The molecule has 2 heterocycles. The fraction of sp³-hybridized carbons (Fsp3) is 0. The van der Waals surface area contributed by atoms with Gasteiger partial charge in [0.1, 0.15) is 6.20 Å². The van der Waals surface area contributed by atoms with Crippen LogP contribution in [0.15, 0.2) is 18.6 Å². The van der Waals surface area contributed by atoms with Crippen molar-refractivity contribution in [1.82, 2.24) is 19.9 Å². The zero-order valence-corrected chi connectivity index (χ0v) is 13.3. The lowest BCUT2D eigenvalue weighted by Gasteiger charge is -1.83. The molecule has 2 aromatic heterocycles. The molecule has 15 nitrogen and oxygen atoms in total. The maximum atomic E-state index is 9.89. The molecule has 2 aromatic rings. The fourth-order valence-electron chi connectivity index (χ4n) is 0.627. The Morgan fingerprint density at radius 1 is 1.12 bits per heavy atom. The van der Waals surface area contributed by atoms with E-state index in [1.54, 1.807) is 12.4 Å². The van der Waals surface area contributed by atoms with E-state index in [4.69, 9.17) is 56.0 Å². The predicted molar refractivity (Wildman–Crippen MR) is 76.8 cm³/mol. The third-order valence-corrected chi connectivity index (χ3v) is 1.59. The van der Waals surface area contributed by atoms with Gasteiger partial charge in [0, 0.05) is 12.4 Å². The summed E-state index contributed by atoms with van der Waals surface area (Å²) in [7, 11) is -4.67. The van der Waals surface area contributed by atoms with E-state index in [1.807, 2.05) is 0 Å². The Morgan fingerprint density at radius 3 is 1.71 bits per heavy atom. The van der Waals surface area contributed by atoms with E-state index < -0.39 is 20.4 Å². The van der Waals surface area contributed by atoms with Gasteiger partial charge in [0.15, 0.2) is 5.28 Å². The number of aromatic amines is 2. The largest absolute Gasteiger partial charge is 0.394 e. The maximum absolute atomic E-state index is 9.89. The van der Waals surface area contributed by atoms with Crippen LogP contribution in [0.1, 0.15) is 0 Å². The molecule has 0 aromatic carbocycles. The first-order valence-corrected chi connectivity index (χ1v) is 7.01. The Morgan fingerprint density at radius 2 is 1.58 bits per heavy atom. The molecule has 0 spiro atoms. The summed E-state index contributed by atoms with van der Waals surface area (Å²) in [6, 6.07) is 0. The number of imidazole rings is 2. The van der Waals surface area contributed by atoms with E-state index in [0.717, 1.165) is 6.20 Å². The van der Waals surface area contributed by atoms with Gasteiger partial charge < -0.3 is 20.3 Å². The highest BCUT2D eigenvalue weighted by Crippen LogP contribution is 2.08. The third-order valence-electron chi connectivity index (χ3n) is 1.19. The molecule has 0 unspecified atom stereocenters. The molecular weight excluding hydrogens is 403 g/mol. The molecule has 24 heavy (non-hydrogen) atoms. The predicted octanol–water partition coefficient (Wildman–Crippen LogP) is 1.03. The molecule has 0 aliphatic carbocycles. The van der Waals surface area contributed by atoms with Gasteiger partial charge in [0.2, 0.25) is 0 Å². The SMILES string of the molecule is Clc1ncc[nH]1.O=S(=O)(O)O.O=[N+]([O-])O.O=[N+]([O-])c1cnc(Cl)[nH]1. The molecule has 0 radical (unpaired) electrons. The number of rotatable bonds is 1. The molecule has 136 valence electrons. The van der Waals surface area contributed by atoms with Crippen molar-refractivity contribution in [3.63, 3.8) is 0 Å². The highest BCUT2D eigenvalue weighted by Gasteiger charge is 2.05. The van der Waals surface area contributed by atoms with Crippen LogP contribution in [-0.2, 0) is 10.4 Å². The molecule has 2 rings (SSSR count). The van der Waals surface area contributed by atoms with Gasteiger partial charge in [-0.25, -0.2) is 9.97 Å². The average molecular weight is 411 g/mol. The Kier molecular flexibility index (Phi) is 11.8. The number of hydrogen-bond acceptors (Lipinski definition) is 8. The Bertz CT molecular complexity index is 705. The lowest BCUT2D eigenvalue weighted by molar-refractivity contribution is -0.742. The van der Waals surface area contributed by atoms with Crippen LogP contribution in [0.4, 0.5) is 5.82 Å². The summed E-state index contributed by atoms with van der Waals surface area (Å²) in [6.07, 6.45) is 4.33. The van der Waals surface area contributed by atoms with Crippen molar-refractivity contribution in [3.05, 3.63) is 49.4 Å². The minimum Gasteiger partial charge on any atom is -0.358 e. The van der Waals surface area contributed by atoms with Crippen LogP contribution in [0, 0.1) is 20.2 Å². The third kappa shape index (κ3) is 21.8. The molecule has 0 saturated carbocycles. The second kappa shape index (κ2) is 12.0.